The van der Waals surface area contributed by atoms with Crippen LogP contribution >= 0.6 is 0 Å². The van der Waals surface area contributed by atoms with E-state index in [1.807, 2.05) is 0 Å². The highest BCUT2D eigenvalue weighted by Gasteiger charge is 2.16. The number of aromatic amines is 1. The smallest absolute Gasteiger partial charge is 0.290 e. The zero-order chi connectivity index (χ0) is 12.8. The molecule has 0 aliphatic carbocycles. The van der Waals surface area contributed by atoms with Crippen LogP contribution in [0.5, 0.6) is 0 Å². The van der Waals surface area contributed by atoms with Gasteiger partial charge in [-0.15, -0.1) is 0 Å². The lowest BCUT2D eigenvalue weighted by Crippen LogP contribution is -2.38. The van der Waals surface area contributed by atoms with Crippen LogP contribution < -0.4 is 10.9 Å². The van der Waals surface area contributed by atoms with E-state index in [1.54, 1.807) is 12.4 Å². The summed E-state index contributed by atoms with van der Waals surface area (Å²) >= 11 is 0. The molecule has 0 bridgehead atoms. The van der Waals surface area contributed by atoms with Gasteiger partial charge in [-0.05, 0) is 32.7 Å². The maximum absolute atomic E-state index is 11.4. The normalized spacial score (nSPS) is 20.8. The fourth-order valence-electron chi connectivity index (χ4n) is 2.46. The minimum absolute atomic E-state index is 0.149. The summed E-state index contributed by atoms with van der Waals surface area (Å²) in [5.74, 6) is 0.421. The van der Waals surface area contributed by atoms with E-state index in [0.29, 0.717) is 11.9 Å². The topological polar surface area (TPSA) is 61.0 Å². The highest BCUT2D eigenvalue weighted by Crippen LogP contribution is 2.16. The minimum Gasteiger partial charge on any atom is -0.365 e. The number of nitrogens with zero attached hydrogens (tertiary/aromatic N) is 2. The van der Waals surface area contributed by atoms with Gasteiger partial charge in [0.25, 0.3) is 5.56 Å². The minimum atomic E-state index is -0.149. The van der Waals surface area contributed by atoms with Crippen molar-refractivity contribution in [1.82, 2.24) is 14.9 Å². The molecule has 5 nitrogen and oxygen atoms in total. The Morgan fingerprint density at radius 2 is 2.44 bits per heavy atom. The lowest BCUT2D eigenvalue weighted by molar-refractivity contribution is 0.160. The summed E-state index contributed by atoms with van der Waals surface area (Å²) < 4.78 is 0. The van der Waals surface area contributed by atoms with Crippen LogP contribution in [-0.2, 0) is 0 Å². The lowest BCUT2D eigenvalue weighted by Gasteiger charge is -2.33. The summed E-state index contributed by atoms with van der Waals surface area (Å²) in [6.07, 6.45) is 8.17. The second-order valence-electron chi connectivity index (χ2n) is 4.93. The van der Waals surface area contributed by atoms with Crippen LogP contribution in [0.4, 0.5) is 5.82 Å². The van der Waals surface area contributed by atoms with Crippen molar-refractivity contribution in [2.75, 3.05) is 25.0 Å². The summed E-state index contributed by atoms with van der Waals surface area (Å²) in [4.78, 5) is 20.5. The molecule has 5 heteroatoms. The van der Waals surface area contributed by atoms with Crippen molar-refractivity contribution >= 4 is 5.82 Å². The molecule has 0 saturated carbocycles. The number of aromatic nitrogens is 2. The zero-order valence-corrected chi connectivity index (χ0v) is 11.0. The van der Waals surface area contributed by atoms with E-state index in [1.165, 1.54) is 25.8 Å². The van der Waals surface area contributed by atoms with Gasteiger partial charge in [0.1, 0.15) is 0 Å². The van der Waals surface area contributed by atoms with Gasteiger partial charge in [0.15, 0.2) is 5.82 Å². The van der Waals surface area contributed by atoms with Crippen molar-refractivity contribution in [3.05, 3.63) is 22.7 Å². The van der Waals surface area contributed by atoms with Crippen LogP contribution in [0.3, 0.4) is 0 Å². The van der Waals surface area contributed by atoms with Crippen LogP contribution in [0.2, 0.25) is 0 Å². The van der Waals surface area contributed by atoms with Gasteiger partial charge in [-0.25, -0.2) is 4.98 Å². The van der Waals surface area contributed by atoms with Crippen LogP contribution in [0.25, 0.3) is 0 Å². The number of piperidine rings is 1. The second-order valence-corrected chi connectivity index (χ2v) is 4.93. The first kappa shape index (κ1) is 13.1. The maximum atomic E-state index is 11.4. The first-order valence-corrected chi connectivity index (χ1v) is 6.79. The van der Waals surface area contributed by atoms with Crippen molar-refractivity contribution < 1.29 is 0 Å². The highest BCUT2D eigenvalue weighted by atomic mass is 16.1. The lowest BCUT2D eigenvalue weighted by atomic mass is 10.0. The molecule has 1 unspecified atom stereocenters. The highest BCUT2D eigenvalue weighted by molar-refractivity contribution is 5.29. The van der Waals surface area contributed by atoms with Gasteiger partial charge in [-0.3, -0.25) is 4.79 Å². The van der Waals surface area contributed by atoms with Crippen molar-refractivity contribution in [3.8, 4) is 0 Å². The largest absolute Gasteiger partial charge is 0.365 e. The van der Waals surface area contributed by atoms with Gasteiger partial charge in [0.05, 0.1) is 0 Å². The molecule has 0 aromatic carbocycles. The van der Waals surface area contributed by atoms with Crippen LogP contribution in [0, 0.1) is 0 Å². The molecule has 0 spiro atoms. The molecule has 1 aliphatic heterocycles. The van der Waals surface area contributed by atoms with E-state index in [2.05, 4.69) is 27.1 Å². The summed E-state index contributed by atoms with van der Waals surface area (Å²) in [6, 6.07) is 0.706. The van der Waals surface area contributed by atoms with Gasteiger partial charge in [0.2, 0.25) is 0 Å². The third-order valence-corrected chi connectivity index (χ3v) is 3.56. The average molecular weight is 250 g/mol. The molecule has 1 saturated heterocycles. The van der Waals surface area contributed by atoms with Crippen molar-refractivity contribution in [2.24, 2.45) is 0 Å². The van der Waals surface area contributed by atoms with E-state index >= 15 is 0 Å². The Morgan fingerprint density at radius 1 is 1.56 bits per heavy atom. The monoisotopic (exact) mass is 250 g/mol. The van der Waals surface area contributed by atoms with E-state index < -0.39 is 0 Å². The number of nitrogens with one attached hydrogen (secondary N) is 2. The fourth-order valence-corrected chi connectivity index (χ4v) is 2.46. The molecule has 0 radical (unpaired) electrons. The van der Waals surface area contributed by atoms with E-state index in [9.17, 15) is 4.79 Å². The van der Waals surface area contributed by atoms with Gasteiger partial charge in [-0.2, -0.15) is 0 Å². The molecule has 1 atom stereocenters. The van der Waals surface area contributed by atoms with Crippen LogP contribution in [-0.4, -0.2) is 40.5 Å². The molecular formula is C13H22N4O. The number of hydrogen-bond acceptors (Lipinski definition) is 4. The Labute approximate surface area is 108 Å². The molecule has 2 heterocycles. The number of hydrogen-bond donors (Lipinski definition) is 2. The molecule has 0 amide bonds. The number of H-pyrrole nitrogens is 1. The molecule has 18 heavy (non-hydrogen) atoms. The van der Waals surface area contributed by atoms with Gasteiger partial charge in [-0.1, -0.05) is 6.42 Å². The van der Waals surface area contributed by atoms with Crippen molar-refractivity contribution in [3.63, 3.8) is 0 Å². The molecular weight excluding hydrogens is 228 g/mol. The number of anilines is 1. The Morgan fingerprint density at radius 3 is 3.22 bits per heavy atom. The Kier molecular flexibility index (Phi) is 4.75. The third-order valence-electron chi connectivity index (χ3n) is 3.56. The number of likely N-dealkylation sites (tertiary alicyclic amines) is 1. The summed E-state index contributed by atoms with van der Waals surface area (Å²) in [5, 5.41) is 3.09. The second kappa shape index (κ2) is 6.54. The molecule has 2 rings (SSSR count). The summed E-state index contributed by atoms with van der Waals surface area (Å²) in [7, 11) is 0. The zero-order valence-electron chi connectivity index (χ0n) is 11.0. The van der Waals surface area contributed by atoms with Crippen molar-refractivity contribution in [1.29, 1.82) is 0 Å². The first-order chi connectivity index (χ1) is 8.77. The quantitative estimate of drug-likeness (QED) is 0.776. The van der Waals surface area contributed by atoms with Gasteiger partial charge in [0, 0.05) is 31.5 Å². The van der Waals surface area contributed by atoms with Crippen LogP contribution in [0.1, 0.15) is 32.6 Å². The predicted octanol–water partition coefficient (Wildman–Crippen LogP) is 1.45. The fraction of sp³-hybridized carbons (Fsp3) is 0.692. The van der Waals surface area contributed by atoms with Gasteiger partial charge >= 0.3 is 0 Å². The third kappa shape index (κ3) is 3.57. The Bertz CT molecular complexity index is 417. The molecule has 100 valence electrons. The standard InChI is InChI=1S/C13H22N4O/c1-11-5-2-3-9-17(11)10-4-6-14-12-13(18)16-8-7-15-12/h7-8,11H,2-6,9-10H2,1H3,(H,14,15)(H,16,18). The molecule has 1 fully saturated rings. The SMILES string of the molecule is CC1CCCCN1CCCNc1ncc[nH]c1=O. The van der Waals surface area contributed by atoms with Crippen LogP contribution in [0.15, 0.2) is 17.2 Å². The molecule has 1 aromatic heterocycles. The summed E-state index contributed by atoms with van der Waals surface area (Å²) in [6.45, 7) is 5.41. The van der Waals surface area contributed by atoms with E-state index in [-0.39, 0.29) is 5.56 Å². The van der Waals surface area contributed by atoms with Gasteiger partial charge < -0.3 is 15.2 Å². The predicted molar refractivity (Wildman–Crippen MR) is 72.9 cm³/mol. The van der Waals surface area contributed by atoms with E-state index in [0.717, 1.165) is 19.5 Å². The first-order valence-electron chi connectivity index (χ1n) is 6.79. The molecule has 1 aliphatic rings. The molecule has 2 N–H and O–H groups in total. The van der Waals surface area contributed by atoms with E-state index in [4.69, 9.17) is 0 Å². The number of rotatable bonds is 5. The maximum Gasteiger partial charge on any atom is 0.290 e. The van der Waals surface area contributed by atoms with Crippen molar-refractivity contribution in [2.45, 2.75) is 38.6 Å². The summed E-state index contributed by atoms with van der Waals surface area (Å²) in [5.41, 5.74) is -0.149. The Hall–Kier alpha value is -1.36. The Balaban J connectivity index is 1.70. The average Bonchev–Trinajstić information content (AvgIpc) is 2.38. The molecule has 1 aromatic rings.